The number of hydrogen-bond acceptors (Lipinski definition) is 4. The third kappa shape index (κ3) is 7.79. The van der Waals surface area contributed by atoms with Crippen LogP contribution in [0.2, 0.25) is 0 Å². The Kier molecular flexibility index (Phi) is 10.9. The molecule has 0 N–H and O–H groups in total. The van der Waals surface area contributed by atoms with E-state index in [1.54, 1.807) is 0 Å². The van der Waals surface area contributed by atoms with E-state index in [9.17, 15) is 0 Å². The van der Waals surface area contributed by atoms with Crippen LogP contribution >= 0.6 is 0 Å². The molecule has 5 nitrogen and oxygen atoms in total. The lowest BCUT2D eigenvalue weighted by Gasteiger charge is -2.42. The number of fused-ring (bicyclic) bond motifs is 13. The number of aromatic nitrogens is 1. The molecule has 0 fully saturated rings. The maximum Gasteiger partial charge on any atom is 0.256 e. The molecule has 3 aromatic heterocycles. The fourth-order valence-electron chi connectivity index (χ4n) is 14.0. The molecule has 0 radical (unpaired) electrons. The number of anilines is 3. The Morgan fingerprint density at radius 2 is 0.826 bits per heavy atom. The van der Waals surface area contributed by atoms with E-state index in [-0.39, 0.29) is 17.5 Å². The molecule has 15 aromatic rings. The first-order valence-electron chi connectivity index (χ1n) is 30.0. The van der Waals surface area contributed by atoms with Gasteiger partial charge in [0.2, 0.25) is 0 Å². The van der Waals surface area contributed by atoms with Crippen LogP contribution in [-0.4, -0.2) is 11.3 Å². The summed E-state index contributed by atoms with van der Waals surface area (Å²) in [5.41, 5.74) is 24.9. The molecule has 17 rings (SSSR count). The highest BCUT2D eigenvalue weighted by molar-refractivity contribution is 6.99. The van der Waals surface area contributed by atoms with Crippen LogP contribution in [-0.2, 0) is 10.8 Å². The average Bonchev–Trinajstić information content (AvgIpc) is 1.33. The highest BCUT2D eigenvalue weighted by atomic mass is 16.5. The summed E-state index contributed by atoms with van der Waals surface area (Å²) in [5, 5.41) is 6.86. The Labute approximate surface area is 500 Å². The van der Waals surface area contributed by atoms with Crippen molar-refractivity contribution in [3.8, 4) is 61.7 Å². The Hall–Kier alpha value is -10.3. The molecule has 0 spiro atoms. The summed E-state index contributed by atoms with van der Waals surface area (Å²) in [4.78, 5) is 2.59. The van der Waals surface area contributed by atoms with Crippen LogP contribution < -0.4 is 26.0 Å². The molecule has 2 aliphatic heterocycles. The van der Waals surface area contributed by atoms with Crippen LogP contribution in [0.5, 0.6) is 11.5 Å². The van der Waals surface area contributed by atoms with Crippen molar-refractivity contribution in [2.24, 2.45) is 0 Å². The van der Waals surface area contributed by atoms with Crippen LogP contribution in [0.4, 0.5) is 17.1 Å². The van der Waals surface area contributed by atoms with E-state index in [0.29, 0.717) is 0 Å². The minimum absolute atomic E-state index is 0.0547. The summed E-state index contributed by atoms with van der Waals surface area (Å²) in [6, 6.07) is 91.5. The normalized spacial score (nSPS) is 13.0. The highest BCUT2D eigenvalue weighted by Gasteiger charge is 2.44. The fourth-order valence-corrected chi connectivity index (χ4v) is 14.0. The van der Waals surface area contributed by atoms with Gasteiger partial charge in [0.25, 0.3) is 6.71 Å². The summed E-state index contributed by atoms with van der Waals surface area (Å²) in [7, 11) is 0. The second-order valence-corrected chi connectivity index (χ2v) is 25.6. The van der Waals surface area contributed by atoms with Crippen molar-refractivity contribution in [3.63, 3.8) is 0 Å². The van der Waals surface area contributed by atoms with Gasteiger partial charge >= 0.3 is 0 Å². The molecule has 0 amide bonds. The second-order valence-electron chi connectivity index (χ2n) is 25.6. The molecule has 0 saturated heterocycles. The lowest BCUT2D eigenvalue weighted by Crippen LogP contribution is -2.59. The molecule has 0 bridgehead atoms. The Morgan fingerprint density at radius 3 is 1.38 bits per heavy atom. The smallest absolute Gasteiger partial charge is 0.256 e. The summed E-state index contributed by atoms with van der Waals surface area (Å²) < 4.78 is 22.9. The van der Waals surface area contributed by atoms with Crippen molar-refractivity contribution < 1.29 is 13.6 Å². The first-order chi connectivity index (χ1) is 41.9. The zero-order chi connectivity index (χ0) is 57.7. The molecule has 86 heavy (non-hydrogen) atoms. The van der Waals surface area contributed by atoms with E-state index in [1.807, 2.05) is 18.2 Å². The summed E-state index contributed by atoms with van der Waals surface area (Å²) in [6.07, 6.45) is 0. The van der Waals surface area contributed by atoms with Crippen LogP contribution in [0.3, 0.4) is 0 Å². The monoisotopic (exact) mass is 1110 g/mol. The van der Waals surface area contributed by atoms with Gasteiger partial charge in [-0.15, -0.1) is 0 Å². The second kappa shape index (κ2) is 18.6. The third-order valence-corrected chi connectivity index (χ3v) is 18.4. The van der Waals surface area contributed by atoms with Gasteiger partial charge in [0.1, 0.15) is 33.8 Å². The van der Waals surface area contributed by atoms with Crippen molar-refractivity contribution >= 4 is 106 Å². The number of nitrogens with zero attached hydrogens (tertiary/aromatic N) is 2. The Balaban J connectivity index is 0.975. The first kappa shape index (κ1) is 50.2. The van der Waals surface area contributed by atoms with Gasteiger partial charge in [0, 0.05) is 60.9 Å². The van der Waals surface area contributed by atoms with E-state index >= 15 is 0 Å². The van der Waals surface area contributed by atoms with E-state index < -0.39 is 0 Å². The quantitative estimate of drug-likeness (QED) is 0.156. The van der Waals surface area contributed by atoms with Gasteiger partial charge in [-0.25, -0.2) is 0 Å². The molecule has 0 atom stereocenters. The molecule has 12 aromatic carbocycles. The van der Waals surface area contributed by atoms with Crippen molar-refractivity contribution in [3.05, 3.63) is 260 Å². The van der Waals surface area contributed by atoms with Gasteiger partial charge in [-0.3, -0.25) is 0 Å². The van der Waals surface area contributed by atoms with E-state index in [4.69, 9.17) is 13.6 Å². The van der Waals surface area contributed by atoms with Gasteiger partial charge in [0.15, 0.2) is 0 Å². The van der Waals surface area contributed by atoms with Crippen LogP contribution in [0.1, 0.15) is 52.7 Å². The SMILES string of the molecule is CC(C)(C)c1ccc2c(c1)c1cc(C(C)(C)C)ccc1n2-c1cc2c3c(c1)N(c1c(-c4ccccc4)cccc1-c1ccccc1)c1cc(-c4ccc5oc6ccccc6c5c4)ccc1B3c1ccc(-c3ccc4oc5ccccc5c4c3)cc1O2. The molecule has 2 aliphatic rings. The number of rotatable bonds is 6. The number of para-hydroxylation sites is 3. The van der Waals surface area contributed by atoms with Crippen LogP contribution in [0.15, 0.2) is 258 Å². The molecule has 5 heterocycles. The Morgan fingerprint density at radius 1 is 0.337 bits per heavy atom. The minimum atomic E-state index is -0.196. The summed E-state index contributed by atoms with van der Waals surface area (Å²) in [5.74, 6) is 1.66. The Bertz CT molecular complexity index is 5170. The number of furan rings is 2. The third-order valence-electron chi connectivity index (χ3n) is 18.4. The minimum Gasteiger partial charge on any atom is -0.458 e. The average molecular weight is 1110 g/mol. The van der Waals surface area contributed by atoms with Gasteiger partial charge in [-0.1, -0.05) is 205 Å². The molecule has 6 heteroatoms. The fraction of sp³-hybridized carbons (Fsp3) is 0.100. The molecule has 0 saturated carbocycles. The largest absolute Gasteiger partial charge is 0.458 e. The van der Waals surface area contributed by atoms with Gasteiger partial charge in [-0.2, -0.15) is 0 Å². The predicted octanol–water partition coefficient (Wildman–Crippen LogP) is 20.3. The van der Waals surface area contributed by atoms with Crippen molar-refractivity contribution in [2.45, 2.75) is 52.4 Å². The maximum atomic E-state index is 7.64. The summed E-state index contributed by atoms with van der Waals surface area (Å²) in [6.45, 7) is 13.7. The van der Waals surface area contributed by atoms with Crippen molar-refractivity contribution in [1.82, 2.24) is 4.57 Å². The molecule has 410 valence electrons. The standard InChI is InChI=1S/C80H59BN2O3/c1-79(2,3)54-32-36-67-61(44-54)62-45-55(80(4,5)6)33-37-68(62)82(67)56-46-70-77-76(47-56)86-75-43-53(51-31-39-74-64(41-51)60-23-14-16-27-72(60)85-74)29-35-66(75)81(77)65-34-28-52(50-30-38-73-63(40-50)59-22-13-15-26-71(59)84-73)42-69(65)83(70)78-57(48-18-9-7-10-19-48)24-17-25-58(78)49-20-11-8-12-21-49/h7-47H,1-6H3. The molecule has 0 aliphatic carbocycles. The van der Waals surface area contributed by atoms with Gasteiger partial charge in [0.05, 0.1) is 22.4 Å². The van der Waals surface area contributed by atoms with Gasteiger partial charge < -0.3 is 23.0 Å². The zero-order valence-electron chi connectivity index (χ0n) is 48.9. The summed E-state index contributed by atoms with van der Waals surface area (Å²) >= 11 is 0. The highest BCUT2D eigenvalue weighted by Crippen LogP contribution is 2.51. The van der Waals surface area contributed by atoms with Crippen LogP contribution in [0, 0.1) is 0 Å². The van der Waals surface area contributed by atoms with Crippen LogP contribution in [0.25, 0.3) is 116 Å². The van der Waals surface area contributed by atoms with E-state index in [1.165, 1.54) is 27.4 Å². The molecular weight excluding hydrogens is 1050 g/mol. The lowest BCUT2D eigenvalue weighted by molar-refractivity contribution is 0.487. The first-order valence-corrected chi connectivity index (χ1v) is 30.0. The molecule has 0 unspecified atom stereocenters. The van der Waals surface area contributed by atoms with Crippen molar-refractivity contribution in [1.29, 1.82) is 0 Å². The number of benzene rings is 12. The molecular formula is C80H59BN2O3. The zero-order valence-corrected chi connectivity index (χ0v) is 48.9. The van der Waals surface area contributed by atoms with E-state index in [2.05, 4.69) is 282 Å². The van der Waals surface area contributed by atoms with Gasteiger partial charge in [-0.05, 0) is 151 Å². The predicted molar refractivity (Wildman–Crippen MR) is 360 cm³/mol. The van der Waals surface area contributed by atoms with E-state index in [0.717, 1.165) is 145 Å². The topological polar surface area (TPSA) is 43.7 Å². The number of ether oxygens (including phenoxy) is 1. The van der Waals surface area contributed by atoms with Crippen molar-refractivity contribution in [2.75, 3.05) is 4.90 Å². The number of hydrogen-bond donors (Lipinski definition) is 0. The lowest BCUT2D eigenvalue weighted by atomic mass is 9.34. The maximum absolute atomic E-state index is 7.64.